The summed E-state index contributed by atoms with van der Waals surface area (Å²) in [6.45, 7) is 0.646. The maximum atomic E-state index is 5.05. The minimum absolute atomic E-state index is 0.191. The molecule has 0 aliphatic rings. The van der Waals surface area contributed by atoms with E-state index in [0.717, 1.165) is 5.69 Å². The minimum Gasteiger partial charge on any atom is -0.383 e. The van der Waals surface area contributed by atoms with Crippen molar-refractivity contribution in [2.45, 2.75) is 6.04 Å². The summed E-state index contributed by atoms with van der Waals surface area (Å²) in [6.07, 6.45) is 1.79. The summed E-state index contributed by atoms with van der Waals surface area (Å²) in [5.41, 5.74) is 1.02. The number of ether oxygens (including phenoxy) is 1. The Morgan fingerprint density at radius 3 is 2.92 bits per heavy atom. The van der Waals surface area contributed by atoms with E-state index in [9.17, 15) is 0 Å². The molecule has 3 heteroatoms. The van der Waals surface area contributed by atoms with Crippen LogP contribution in [-0.2, 0) is 4.74 Å². The fourth-order valence-corrected chi connectivity index (χ4v) is 1.07. The third kappa shape index (κ3) is 2.29. The summed E-state index contributed by atoms with van der Waals surface area (Å²) in [4.78, 5) is 4.23. The van der Waals surface area contributed by atoms with E-state index < -0.39 is 0 Å². The summed E-state index contributed by atoms with van der Waals surface area (Å²) in [5, 5.41) is 3.13. The molecule has 0 radical (unpaired) electrons. The Hall–Kier alpha value is -0.930. The summed E-state index contributed by atoms with van der Waals surface area (Å²) in [7, 11) is 3.59. The maximum Gasteiger partial charge on any atom is 0.0730 e. The molecule has 66 valence electrons. The Balaban J connectivity index is 2.66. The smallest absolute Gasteiger partial charge is 0.0730 e. The van der Waals surface area contributed by atoms with E-state index >= 15 is 0 Å². The molecule has 0 saturated heterocycles. The lowest BCUT2D eigenvalue weighted by Gasteiger charge is -2.13. The molecule has 0 saturated carbocycles. The first kappa shape index (κ1) is 9.16. The quantitative estimate of drug-likeness (QED) is 0.724. The summed E-state index contributed by atoms with van der Waals surface area (Å²) in [6, 6.07) is 6.06. The van der Waals surface area contributed by atoms with Gasteiger partial charge in [-0.2, -0.15) is 0 Å². The summed E-state index contributed by atoms with van der Waals surface area (Å²) >= 11 is 0. The zero-order valence-corrected chi connectivity index (χ0v) is 7.45. The second-order valence-corrected chi connectivity index (χ2v) is 2.55. The van der Waals surface area contributed by atoms with Gasteiger partial charge in [-0.15, -0.1) is 0 Å². The predicted octanol–water partition coefficient (Wildman–Crippen LogP) is 0.988. The van der Waals surface area contributed by atoms with Gasteiger partial charge in [-0.25, -0.2) is 0 Å². The first-order valence-corrected chi connectivity index (χ1v) is 3.95. The average molecular weight is 166 g/mol. The molecule has 1 rings (SSSR count). The van der Waals surface area contributed by atoms with Crippen LogP contribution < -0.4 is 5.32 Å². The topological polar surface area (TPSA) is 34.1 Å². The lowest BCUT2D eigenvalue weighted by atomic mass is 10.2. The SMILES string of the molecule is CNC(COC)c1ccccn1. The number of nitrogens with zero attached hydrogens (tertiary/aromatic N) is 1. The number of methoxy groups -OCH3 is 1. The second-order valence-electron chi connectivity index (χ2n) is 2.55. The van der Waals surface area contributed by atoms with Gasteiger partial charge >= 0.3 is 0 Å². The number of hydrogen-bond donors (Lipinski definition) is 1. The van der Waals surface area contributed by atoms with Crippen molar-refractivity contribution >= 4 is 0 Å². The molecule has 1 atom stereocenters. The molecule has 1 unspecified atom stereocenters. The number of nitrogens with one attached hydrogen (secondary N) is 1. The summed E-state index contributed by atoms with van der Waals surface area (Å²) in [5.74, 6) is 0. The average Bonchev–Trinajstić information content (AvgIpc) is 2.15. The number of aromatic nitrogens is 1. The van der Waals surface area contributed by atoms with Crippen LogP contribution in [0.4, 0.5) is 0 Å². The normalized spacial score (nSPS) is 12.8. The molecule has 1 aromatic heterocycles. The van der Waals surface area contributed by atoms with Crippen molar-refractivity contribution in [1.82, 2.24) is 10.3 Å². The van der Waals surface area contributed by atoms with Gasteiger partial charge < -0.3 is 10.1 Å². The van der Waals surface area contributed by atoms with Crippen LogP contribution in [0.5, 0.6) is 0 Å². The molecule has 0 spiro atoms. The highest BCUT2D eigenvalue weighted by Crippen LogP contribution is 2.07. The van der Waals surface area contributed by atoms with Crippen LogP contribution in [0.2, 0.25) is 0 Å². The van der Waals surface area contributed by atoms with Gasteiger partial charge in [0, 0.05) is 13.3 Å². The first-order chi connectivity index (χ1) is 5.88. The highest BCUT2D eigenvalue weighted by molar-refractivity contribution is 5.08. The zero-order valence-electron chi connectivity index (χ0n) is 7.45. The molecule has 12 heavy (non-hydrogen) atoms. The van der Waals surface area contributed by atoms with Crippen LogP contribution >= 0.6 is 0 Å². The van der Waals surface area contributed by atoms with E-state index in [0.29, 0.717) is 6.61 Å². The Morgan fingerprint density at radius 1 is 1.58 bits per heavy atom. The molecule has 1 aromatic rings. The van der Waals surface area contributed by atoms with Crippen LogP contribution in [-0.4, -0.2) is 25.7 Å². The van der Waals surface area contributed by atoms with E-state index in [4.69, 9.17) is 4.74 Å². The van der Waals surface area contributed by atoms with Crippen molar-refractivity contribution in [2.75, 3.05) is 20.8 Å². The molecule has 0 aromatic carbocycles. The van der Waals surface area contributed by atoms with E-state index in [-0.39, 0.29) is 6.04 Å². The maximum absolute atomic E-state index is 5.05. The molecule has 1 heterocycles. The van der Waals surface area contributed by atoms with Crippen LogP contribution in [0.25, 0.3) is 0 Å². The van der Waals surface area contributed by atoms with E-state index in [2.05, 4.69) is 10.3 Å². The Morgan fingerprint density at radius 2 is 2.42 bits per heavy atom. The fraction of sp³-hybridized carbons (Fsp3) is 0.444. The highest BCUT2D eigenvalue weighted by atomic mass is 16.5. The fourth-order valence-electron chi connectivity index (χ4n) is 1.07. The number of pyridine rings is 1. The van der Waals surface area contributed by atoms with Crippen LogP contribution in [0.3, 0.4) is 0 Å². The number of likely N-dealkylation sites (N-methyl/N-ethyl adjacent to an activating group) is 1. The van der Waals surface area contributed by atoms with Crippen molar-refractivity contribution in [3.8, 4) is 0 Å². The largest absolute Gasteiger partial charge is 0.383 e. The van der Waals surface area contributed by atoms with E-state index in [1.54, 1.807) is 13.3 Å². The predicted molar refractivity (Wildman–Crippen MR) is 47.9 cm³/mol. The molecule has 0 amide bonds. The lowest BCUT2D eigenvalue weighted by molar-refractivity contribution is 0.169. The van der Waals surface area contributed by atoms with Gasteiger partial charge in [0.2, 0.25) is 0 Å². The Bertz CT molecular complexity index is 213. The van der Waals surface area contributed by atoms with Crippen molar-refractivity contribution in [2.24, 2.45) is 0 Å². The van der Waals surface area contributed by atoms with Crippen molar-refractivity contribution in [3.05, 3.63) is 30.1 Å². The van der Waals surface area contributed by atoms with Gasteiger partial charge in [0.25, 0.3) is 0 Å². The van der Waals surface area contributed by atoms with E-state index in [1.165, 1.54) is 0 Å². The molecular weight excluding hydrogens is 152 g/mol. The van der Waals surface area contributed by atoms with Gasteiger partial charge in [-0.1, -0.05) is 6.07 Å². The van der Waals surface area contributed by atoms with Crippen molar-refractivity contribution in [1.29, 1.82) is 0 Å². The number of hydrogen-bond acceptors (Lipinski definition) is 3. The molecule has 3 nitrogen and oxygen atoms in total. The van der Waals surface area contributed by atoms with Crippen molar-refractivity contribution < 1.29 is 4.74 Å². The molecule has 1 N–H and O–H groups in total. The standard InChI is InChI=1S/C9H14N2O/c1-10-9(7-12-2)8-5-3-4-6-11-8/h3-6,9-10H,7H2,1-2H3. The van der Waals surface area contributed by atoms with Gasteiger partial charge in [0.05, 0.1) is 18.3 Å². The first-order valence-electron chi connectivity index (χ1n) is 3.95. The Kier molecular flexibility index (Phi) is 3.70. The van der Waals surface area contributed by atoms with Gasteiger partial charge in [0.15, 0.2) is 0 Å². The zero-order chi connectivity index (χ0) is 8.81. The van der Waals surface area contributed by atoms with Crippen LogP contribution in [0.1, 0.15) is 11.7 Å². The van der Waals surface area contributed by atoms with Gasteiger partial charge in [-0.3, -0.25) is 4.98 Å². The summed E-state index contributed by atoms with van der Waals surface area (Å²) < 4.78 is 5.05. The van der Waals surface area contributed by atoms with Crippen LogP contribution in [0.15, 0.2) is 24.4 Å². The third-order valence-corrected chi connectivity index (χ3v) is 1.73. The van der Waals surface area contributed by atoms with Crippen LogP contribution in [0, 0.1) is 0 Å². The van der Waals surface area contributed by atoms with Gasteiger partial charge in [-0.05, 0) is 19.2 Å². The monoisotopic (exact) mass is 166 g/mol. The highest BCUT2D eigenvalue weighted by Gasteiger charge is 2.08. The molecule has 0 aliphatic heterocycles. The van der Waals surface area contributed by atoms with Crippen molar-refractivity contribution in [3.63, 3.8) is 0 Å². The molecule has 0 bridgehead atoms. The van der Waals surface area contributed by atoms with Gasteiger partial charge in [0.1, 0.15) is 0 Å². The third-order valence-electron chi connectivity index (χ3n) is 1.73. The minimum atomic E-state index is 0.191. The lowest BCUT2D eigenvalue weighted by Crippen LogP contribution is -2.21. The Labute approximate surface area is 72.8 Å². The molecular formula is C9H14N2O. The van der Waals surface area contributed by atoms with E-state index in [1.807, 2.05) is 25.2 Å². The molecule has 0 fully saturated rings. The number of rotatable bonds is 4. The second kappa shape index (κ2) is 4.85. The molecule has 0 aliphatic carbocycles.